The highest BCUT2D eigenvalue weighted by molar-refractivity contribution is 5.85. The first kappa shape index (κ1) is 15.9. The van der Waals surface area contributed by atoms with E-state index in [1.165, 1.54) is 11.1 Å². The van der Waals surface area contributed by atoms with Crippen LogP contribution in [0.4, 0.5) is 0 Å². The lowest BCUT2D eigenvalue weighted by molar-refractivity contribution is -0.122. The van der Waals surface area contributed by atoms with E-state index in [0.29, 0.717) is 12.5 Å². The van der Waals surface area contributed by atoms with E-state index >= 15 is 0 Å². The molecule has 0 fully saturated rings. The number of aryl methyl sites for hydroxylation is 1. The highest BCUT2D eigenvalue weighted by atomic mass is 35.5. The van der Waals surface area contributed by atoms with Gasteiger partial charge >= 0.3 is 0 Å². The molecule has 3 nitrogen and oxygen atoms in total. The van der Waals surface area contributed by atoms with Crippen molar-refractivity contribution >= 4 is 18.3 Å². The average Bonchev–Trinajstić information content (AvgIpc) is 2.26. The highest BCUT2D eigenvalue weighted by Crippen LogP contribution is 2.14. The van der Waals surface area contributed by atoms with Crippen LogP contribution in [0.15, 0.2) is 24.3 Å². The number of nitrogens with one attached hydrogen (secondary N) is 1. The fraction of sp³-hybridized carbons (Fsp3) is 0.462. The van der Waals surface area contributed by atoms with Gasteiger partial charge in [0.15, 0.2) is 0 Å². The number of nitrogens with two attached hydrogens (primary N) is 1. The molecule has 0 heterocycles. The summed E-state index contributed by atoms with van der Waals surface area (Å²) in [4.78, 5) is 11.3. The van der Waals surface area contributed by atoms with Crippen LogP contribution < -0.4 is 11.1 Å². The molecular weight excluding hydrogens is 236 g/mol. The van der Waals surface area contributed by atoms with Crippen molar-refractivity contribution in [3.05, 3.63) is 35.4 Å². The monoisotopic (exact) mass is 256 g/mol. The minimum Gasteiger partial charge on any atom is -0.354 e. The van der Waals surface area contributed by atoms with Crippen LogP contribution in [0.5, 0.6) is 0 Å². The molecular formula is C13H21ClN2O. The molecule has 1 rings (SSSR count). The number of amides is 1. The summed E-state index contributed by atoms with van der Waals surface area (Å²) >= 11 is 0. The van der Waals surface area contributed by atoms with E-state index in [9.17, 15) is 4.79 Å². The molecule has 1 aromatic rings. The molecule has 0 radical (unpaired) electrons. The Morgan fingerprint density at radius 3 is 2.29 bits per heavy atom. The molecule has 0 aromatic heterocycles. The van der Waals surface area contributed by atoms with Gasteiger partial charge in [-0.3, -0.25) is 4.79 Å². The summed E-state index contributed by atoms with van der Waals surface area (Å²) in [5, 5.41) is 2.83. The third-order valence-electron chi connectivity index (χ3n) is 2.64. The second-order valence-corrected chi connectivity index (χ2v) is 4.35. The maximum Gasteiger partial charge on any atom is 0.236 e. The van der Waals surface area contributed by atoms with Gasteiger partial charge in [-0.2, -0.15) is 0 Å². The number of carbonyl (C=O) groups excluding carboxylic acids is 1. The normalized spacial score (nSPS) is 13.4. The summed E-state index contributed by atoms with van der Waals surface area (Å²) in [5.74, 6) is 0.210. The standard InChI is InChI=1S/C13H20N2O.ClH/c1-9-4-6-12(7-5-9)10(2)8-15-13(16)11(3)14;/h4-7,10-11H,8,14H2,1-3H3,(H,15,16);1H/t10?,11-;/m1./s1. The predicted molar refractivity (Wildman–Crippen MR) is 73.5 cm³/mol. The molecule has 17 heavy (non-hydrogen) atoms. The Morgan fingerprint density at radius 1 is 1.29 bits per heavy atom. The van der Waals surface area contributed by atoms with E-state index in [4.69, 9.17) is 5.73 Å². The number of carbonyl (C=O) groups is 1. The molecule has 1 aromatic carbocycles. The van der Waals surface area contributed by atoms with Crippen molar-refractivity contribution in [2.75, 3.05) is 6.54 Å². The Labute approximate surface area is 109 Å². The van der Waals surface area contributed by atoms with Crippen LogP contribution in [0.1, 0.15) is 30.9 Å². The quantitative estimate of drug-likeness (QED) is 0.866. The topological polar surface area (TPSA) is 55.1 Å². The van der Waals surface area contributed by atoms with Crippen molar-refractivity contribution in [2.24, 2.45) is 5.73 Å². The number of halogens is 1. The van der Waals surface area contributed by atoms with Gasteiger partial charge in [-0.25, -0.2) is 0 Å². The average molecular weight is 257 g/mol. The van der Waals surface area contributed by atoms with E-state index in [1.807, 2.05) is 0 Å². The molecule has 2 atom stereocenters. The van der Waals surface area contributed by atoms with Crippen LogP contribution in [0, 0.1) is 6.92 Å². The molecule has 0 bridgehead atoms. The molecule has 0 saturated carbocycles. The van der Waals surface area contributed by atoms with Crippen molar-refractivity contribution in [2.45, 2.75) is 32.7 Å². The number of benzene rings is 1. The minimum atomic E-state index is -0.440. The summed E-state index contributed by atoms with van der Waals surface area (Å²) in [5.41, 5.74) is 7.95. The van der Waals surface area contributed by atoms with Crippen LogP contribution in [0.3, 0.4) is 0 Å². The molecule has 0 aliphatic carbocycles. The van der Waals surface area contributed by atoms with Gasteiger partial charge in [0, 0.05) is 6.54 Å². The molecule has 0 saturated heterocycles. The van der Waals surface area contributed by atoms with Gasteiger partial charge in [0.1, 0.15) is 0 Å². The smallest absolute Gasteiger partial charge is 0.236 e. The lowest BCUT2D eigenvalue weighted by Crippen LogP contribution is -2.39. The van der Waals surface area contributed by atoms with Crippen molar-refractivity contribution in [1.82, 2.24) is 5.32 Å². The Bertz CT molecular complexity index is 349. The molecule has 0 aliphatic rings. The van der Waals surface area contributed by atoms with Crippen LogP contribution in [0.2, 0.25) is 0 Å². The lowest BCUT2D eigenvalue weighted by atomic mass is 10.00. The van der Waals surface area contributed by atoms with Crippen LogP contribution in [0.25, 0.3) is 0 Å². The largest absolute Gasteiger partial charge is 0.354 e. The maximum atomic E-state index is 11.3. The fourth-order valence-electron chi connectivity index (χ4n) is 1.43. The van der Waals surface area contributed by atoms with Gasteiger partial charge in [0.25, 0.3) is 0 Å². The summed E-state index contributed by atoms with van der Waals surface area (Å²) in [6.07, 6.45) is 0. The van der Waals surface area contributed by atoms with Gasteiger partial charge in [0.05, 0.1) is 6.04 Å². The Morgan fingerprint density at radius 2 is 1.82 bits per heavy atom. The zero-order valence-corrected chi connectivity index (χ0v) is 11.4. The Hall–Kier alpha value is -1.06. The molecule has 0 spiro atoms. The van der Waals surface area contributed by atoms with Crippen molar-refractivity contribution < 1.29 is 4.79 Å². The summed E-state index contributed by atoms with van der Waals surface area (Å²) < 4.78 is 0. The highest BCUT2D eigenvalue weighted by Gasteiger charge is 2.10. The van der Waals surface area contributed by atoms with E-state index in [-0.39, 0.29) is 18.3 Å². The maximum absolute atomic E-state index is 11.3. The van der Waals surface area contributed by atoms with Crippen LogP contribution in [-0.2, 0) is 4.79 Å². The zero-order chi connectivity index (χ0) is 12.1. The van der Waals surface area contributed by atoms with Crippen molar-refractivity contribution in [3.8, 4) is 0 Å². The number of hydrogen-bond acceptors (Lipinski definition) is 2. The first-order chi connectivity index (χ1) is 7.50. The predicted octanol–water partition coefficient (Wildman–Crippen LogP) is 1.98. The molecule has 4 heteroatoms. The molecule has 3 N–H and O–H groups in total. The molecule has 1 amide bonds. The van der Waals surface area contributed by atoms with Crippen molar-refractivity contribution in [3.63, 3.8) is 0 Å². The molecule has 1 unspecified atom stereocenters. The van der Waals surface area contributed by atoms with Gasteiger partial charge < -0.3 is 11.1 Å². The number of rotatable bonds is 4. The SMILES string of the molecule is Cc1ccc(C(C)CNC(=O)[C@@H](C)N)cc1.Cl. The third kappa shape index (κ3) is 5.20. The van der Waals surface area contributed by atoms with Gasteiger partial charge in [0.2, 0.25) is 5.91 Å². The second kappa shape index (κ2) is 7.30. The summed E-state index contributed by atoms with van der Waals surface area (Å²) in [6.45, 7) is 6.47. The summed E-state index contributed by atoms with van der Waals surface area (Å²) in [6, 6.07) is 7.92. The van der Waals surface area contributed by atoms with Gasteiger partial charge in [-0.15, -0.1) is 12.4 Å². The van der Waals surface area contributed by atoms with E-state index < -0.39 is 6.04 Å². The van der Waals surface area contributed by atoms with E-state index in [2.05, 4.69) is 43.4 Å². The Kier molecular flexibility index (Phi) is 6.85. The first-order valence-electron chi connectivity index (χ1n) is 5.60. The van der Waals surface area contributed by atoms with E-state index in [0.717, 1.165) is 0 Å². The van der Waals surface area contributed by atoms with Gasteiger partial charge in [-0.05, 0) is 25.3 Å². The van der Waals surface area contributed by atoms with Crippen LogP contribution >= 0.6 is 12.4 Å². The minimum absolute atomic E-state index is 0. The van der Waals surface area contributed by atoms with Gasteiger partial charge in [-0.1, -0.05) is 36.8 Å². The fourth-order valence-corrected chi connectivity index (χ4v) is 1.43. The summed E-state index contributed by atoms with van der Waals surface area (Å²) in [7, 11) is 0. The Balaban J connectivity index is 0.00000256. The van der Waals surface area contributed by atoms with Crippen molar-refractivity contribution in [1.29, 1.82) is 0 Å². The number of hydrogen-bond donors (Lipinski definition) is 2. The van der Waals surface area contributed by atoms with E-state index in [1.54, 1.807) is 6.92 Å². The molecule has 0 aliphatic heterocycles. The first-order valence-corrected chi connectivity index (χ1v) is 5.60. The lowest BCUT2D eigenvalue weighted by Gasteiger charge is -2.14. The van der Waals surface area contributed by atoms with Crippen LogP contribution in [-0.4, -0.2) is 18.5 Å². The second-order valence-electron chi connectivity index (χ2n) is 4.35. The third-order valence-corrected chi connectivity index (χ3v) is 2.64. The zero-order valence-electron chi connectivity index (χ0n) is 10.6. The molecule has 96 valence electrons.